The smallest absolute Gasteiger partial charge is 0.211 e. The van der Waals surface area contributed by atoms with Crippen LogP contribution in [0.15, 0.2) is 4.99 Å². The Bertz CT molecular complexity index is 724. The van der Waals surface area contributed by atoms with Crippen molar-refractivity contribution >= 4 is 40.0 Å². The summed E-state index contributed by atoms with van der Waals surface area (Å²) >= 11 is 0. The molecule has 1 aromatic rings. The first-order chi connectivity index (χ1) is 13.0. The van der Waals surface area contributed by atoms with Gasteiger partial charge in [-0.1, -0.05) is 0 Å². The quantitative estimate of drug-likeness (QED) is 0.172. The first-order valence-electron chi connectivity index (χ1n) is 9.41. The third-order valence-electron chi connectivity index (χ3n) is 4.17. The Hall–Kier alpha value is -0.990. The lowest BCUT2D eigenvalue weighted by Crippen LogP contribution is -2.47. The zero-order chi connectivity index (χ0) is 19.7. The Morgan fingerprint density at radius 1 is 1.39 bits per heavy atom. The van der Waals surface area contributed by atoms with Crippen molar-refractivity contribution in [2.75, 3.05) is 32.5 Å². The van der Waals surface area contributed by atoms with E-state index in [0.717, 1.165) is 37.7 Å². The van der Waals surface area contributed by atoms with Crippen LogP contribution in [0.3, 0.4) is 0 Å². The van der Waals surface area contributed by atoms with Crippen molar-refractivity contribution in [3.05, 3.63) is 11.6 Å². The molecule has 1 aliphatic heterocycles. The fourth-order valence-corrected chi connectivity index (χ4v) is 3.44. The van der Waals surface area contributed by atoms with Crippen LogP contribution in [0.2, 0.25) is 0 Å². The van der Waals surface area contributed by atoms with Crippen molar-refractivity contribution in [1.82, 2.24) is 30.1 Å². The molecule has 28 heavy (non-hydrogen) atoms. The van der Waals surface area contributed by atoms with Gasteiger partial charge in [-0.2, -0.15) is 5.10 Å². The van der Waals surface area contributed by atoms with Gasteiger partial charge in [-0.05, 0) is 26.7 Å². The fourth-order valence-electron chi connectivity index (χ4n) is 2.78. The molecule has 1 aliphatic rings. The number of sulfonamides is 1. The highest BCUT2D eigenvalue weighted by atomic mass is 127. The number of hydrogen-bond acceptors (Lipinski definition) is 6. The number of rotatable bonds is 10. The molecule has 162 valence electrons. The molecule has 12 heteroatoms. The van der Waals surface area contributed by atoms with Crippen molar-refractivity contribution in [2.45, 2.75) is 52.3 Å². The monoisotopic (exact) mass is 529 g/mol. The van der Waals surface area contributed by atoms with E-state index < -0.39 is 10.0 Å². The van der Waals surface area contributed by atoms with Crippen LogP contribution < -0.4 is 15.4 Å². The van der Waals surface area contributed by atoms with E-state index >= 15 is 0 Å². The second-order valence-electron chi connectivity index (χ2n) is 6.35. The number of fused-ring (bicyclic) bond motifs is 1. The highest BCUT2D eigenvalue weighted by Gasteiger charge is 2.22. The minimum absolute atomic E-state index is 0. The molecule has 0 bridgehead atoms. The molecule has 2 heterocycles. The molecule has 1 aromatic heterocycles. The van der Waals surface area contributed by atoms with Gasteiger partial charge in [0.15, 0.2) is 11.8 Å². The predicted molar refractivity (Wildman–Crippen MR) is 119 cm³/mol. The zero-order valence-corrected chi connectivity index (χ0v) is 19.9. The highest BCUT2D eigenvalue weighted by Crippen LogP contribution is 2.13. The minimum atomic E-state index is -3.14. The number of guanidine groups is 1. The number of ether oxygens (including phenoxy) is 1. The normalized spacial score (nSPS) is 17.0. The van der Waals surface area contributed by atoms with Crippen LogP contribution in [0.1, 0.15) is 38.3 Å². The Morgan fingerprint density at radius 2 is 2.18 bits per heavy atom. The maximum Gasteiger partial charge on any atom is 0.211 e. The maximum atomic E-state index is 11.4. The molecular weight excluding hydrogens is 497 g/mol. The number of nitrogens with zero attached hydrogens (tertiary/aromatic N) is 4. The molecule has 0 spiro atoms. The van der Waals surface area contributed by atoms with Gasteiger partial charge in [0.1, 0.15) is 12.4 Å². The average Bonchev–Trinajstić information content (AvgIpc) is 3.03. The second kappa shape index (κ2) is 12.5. The van der Waals surface area contributed by atoms with Crippen LogP contribution in [0.25, 0.3) is 0 Å². The summed E-state index contributed by atoms with van der Waals surface area (Å²) in [6.45, 7) is 6.48. The van der Waals surface area contributed by atoms with Crippen molar-refractivity contribution in [3.63, 3.8) is 0 Å². The SMILES string of the molecule is CCNC(=NCCCNS(=O)(=O)CC)NC1CCc2nc(COC)nn2C1.I. The van der Waals surface area contributed by atoms with E-state index in [9.17, 15) is 8.42 Å². The summed E-state index contributed by atoms with van der Waals surface area (Å²) in [5.41, 5.74) is 0. The van der Waals surface area contributed by atoms with Crippen LogP contribution >= 0.6 is 24.0 Å². The molecule has 0 amide bonds. The van der Waals surface area contributed by atoms with E-state index in [1.54, 1.807) is 14.0 Å². The summed E-state index contributed by atoms with van der Waals surface area (Å²) < 4.78 is 32.4. The van der Waals surface area contributed by atoms with Gasteiger partial charge in [-0.25, -0.2) is 22.8 Å². The highest BCUT2D eigenvalue weighted by molar-refractivity contribution is 14.0. The Morgan fingerprint density at radius 3 is 2.86 bits per heavy atom. The average molecular weight is 529 g/mol. The van der Waals surface area contributed by atoms with Crippen molar-refractivity contribution < 1.29 is 13.2 Å². The number of halogens is 1. The number of aromatic nitrogens is 3. The van der Waals surface area contributed by atoms with Gasteiger partial charge in [0.2, 0.25) is 10.0 Å². The Balaban J connectivity index is 0.00000392. The molecule has 0 radical (unpaired) electrons. The molecule has 3 N–H and O–H groups in total. The maximum absolute atomic E-state index is 11.4. The third kappa shape index (κ3) is 8.17. The Labute approximate surface area is 184 Å². The number of nitrogens with one attached hydrogen (secondary N) is 3. The topological polar surface area (TPSA) is 123 Å². The summed E-state index contributed by atoms with van der Waals surface area (Å²) in [6.07, 6.45) is 2.45. The molecular formula is C16H32IN7O3S. The first-order valence-corrected chi connectivity index (χ1v) is 11.1. The zero-order valence-electron chi connectivity index (χ0n) is 16.8. The van der Waals surface area contributed by atoms with Crippen LogP contribution in [0, 0.1) is 0 Å². The number of hydrogen-bond donors (Lipinski definition) is 3. The van der Waals surface area contributed by atoms with E-state index in [2.05, 4.69) is 30.4 Å². The lowest BCUT2D eigenvalue weighted by Gasteiger charge is -2.25. The predicted octanol–water partition coefficient (Wildman–Crippen LogP) is 0.242. The number of aryl methyl sites for hydroxylation is 1. The summed E-state index contributed by atoms with van der Waals surface area (Å²) in [6, 6.07) is 0.214. The van der Waals surface area contributed by atoms with Gasteiger partial charge in [0.25, 0.3) is 0 Å². The fraction of sp³-hybridized carbons (Fsp3) is 0.812. The summed E-state index contributed by atoms with van der Waals surface area (Å²) in [4.78, 5) is 9.02. The van der Waals surface area contributed by atoms with Gasteiger partial charge < -0.3 is 15.4 Å². The van der Waals surface area contributed by atoms with Gasteiger partial charge in [0.05, 0.1) is 12.3 Å². The van der Waals surface area contributed by atoms with E-state index in [0.29, 0.717) is 31.9 Å². The van der Waals surface area contributed by atoms with Crippen molar-refractivity contribution in [1.29, 1.82) is 0 Å². The van der Waals surface area contributed by atoms with Crippen LogP contribution in [-0.2, 0) is 34.3 Å². The van der Waals surface area contributed by atoms with E-state index in [4.69, 9.17) is 4.74 Å². The molecule has 1 atom stereocenters. The second-order valence-corrected chi connectivity index (χ2v) is 8.45. The van der Waals surface area contributed by atoms with Crippen LogP contribution in [0.4, 0.5) is 0 Å². The molecule has 1 unspecified atom stereocenters. The summed E-state index contributed by atoms with van der Waals surface area (Å²) in [5, 5.41) is 11.1. The molecule has 10 nitrogen and oxygen atoms in total. The van der Waals surface area contributed by atoms with Crippen LogP contribution in [0.5, 0.6) is 0 Å². The van der Waals surface area contributed by atoms with E-state index in [1.807, 2.05) is 11.6 Å². The lowest BCUT2D eigenvalue weighted by atomic mass is 10.1. The number of methoxy groups -OCH3 is 1. The molecule has 0 saturated carbocycles. The number of aliphatic imine (C=N–C) groups is 1. The summed E-state index contributed by atoms with van der Waals surface area (Å²) in [5.74, 6) is 2.54. The standard InChI is InChI=1S/C16H31N7O3S.HI/c1-4-17-16(18-9-6-10-19-27(24,25)5-2)20-13-7-8-15-21-14(12-26-3)22-23(15)11-13;/h13,19H,4-12H2,1-3H3,(H2,17,18,20);1H. The minimum Gasteiger partial charge on any atom is -0.377 e. The van der Waals surface area contributed by atoms with Crippen molar-refractivity contribution in [2.24, 2.45) is 4.99 Å². The molecule has 0 fully saturated rings. The third-order valence-corrected chi connectivity index (χ3v) is 5.57. The molecule has 0 aromatic carbocycles. The molecule has 0 aliphatic carbocycles. The lowest BCUT2D eigenvalue weighted by molar-refractivity contribution is 0.177. The largest absolute Gasteiger partial charge is 0.377 e. The van der Waals surface area contributed by atoms with Crippen molar-refractivity contribution in [3.8, 4) is 0 Å². The van der Waals surface area contributed by atoms with Gasteiger partial charge in [-0.3, -0.25) is 4.99 Å². The molecule has 0 saturated heterocycles. The summed E-state index contributed by atoms with van der Waals surface area (Å²) in [7, 11) is -1.50. The van der Waals surface area contributed by atoms with E-state index in [-0.39, 0.29) is 35.8 Å². The van der Waals surface area contributed by atoms with Gasteiger partial charge >= 0.3 is 0 Å². The Kier molecular flexibility index (Phi) is 11.2. The van der Waals surface area contributed by atoms with E-state index in [1.165, 1.54) is 0 Å². The van der Waals surface area contributed by atoms with Gasteiger partial charge in [-0.15, -0.1) is 24.0 Å². The molecule has 2 rings (SSSR count). The van der Waals surface area contributed by atoms with Crippen LogP contribution in [-0.4, -0.2) is 67.7 Å². The van der Waals surface area contributed by atoms with Gasteiger partial charge in [0, 0.05) is 39.2 Å². The first kappa shape index (κ1) is 25.0.